The Morgan fingerprint density at radius 1 is 1.16 bits per heavy atom. The summed E-state index contributed by atoms with van der Waals surface area (Å²) in [4.78, 5) is 29.1. The van der Waals surface area contributed by atoms with Gasteiger partial charge < -0.3 is 9.80 Å². The molecule has 6 nitrogen and oxygen atoms in total. The first kappa shape index (κ1) is 16.5. The highest BCUT2D eigenvalue weighted by Crippen LogP contribution is 2.31. The summed E-state index contributed by atoms with van der Waals surface area (Å²) in [5.74, 6) is 0.0349. The Labute approximate surface area is 154 Å². The average Bonchev–Trinajstić information content (AvgIpc) is 3.23. The van der Waals surface area contributed by atoms with Crippen molar-refractivity contribution in [2.24, 2.45) is 0 Å². The number of halogens is 1. The largest absolute Gasteiger partial charge is 0.333 e. The topological polar surface area (TPSA) is 66.4 Å². The van der Waals surface area contributed by atoms with E-state index in [4.69, 9.17) is 11.6 Å². The van der Waals surface area contributed by atoms with Gasteiger partial charge in [0.1, 0.15) is 0 Å². The van der Waals surface area contributed by atoms with Crippen molar-refractivity contribution in [3.05, 3.63) is 46.7 Å². The molecule has 1 aromatic heterocycles. The number of piperazine rings is 1. The molecule has 2 aliphatic heterocycles. The normalized spacial score (nSPS) is 22.3. The van der Waals surface area contributed by atoms with Gasteiger partial charge in [-0.25, -0.2) is 0 Å². The smallest absolute Gasteiger partial charge is 0.275 e. The van der Waals surface area contributed by atoms with Gasteiger partial charge in [-0.05, 0) is 30.5 Å². The molecule has 2 atom stereocenters. The van der Waals surface area contributed by atoms with E-state index in [9.17, 15) is 9.59 Å². The lowest BCUT2D eigenvalue weighted by atomic mass is 10.1. The van der Waals surface area contributed by atoms with Gasteiger partial charge in [-0.1, -0.05) is 23.7 Å². The van der Waals surface area contributed by atoms with Crippen molar-refractivity contribution in [1.82, 2.24) is 18.5 Å². The molecule has 0 aliphatic carbocycles. The molecular formula is C17H17ClN4O2S. The van der Waals surface area contributed by atoms with Gasteiger partial charge in [-0.3, -0.25) is 9.59 Å². The number of hydrogen-bond acceptors (Lipinski definition) is 5. The zero-order chi connectivity index (χ0) is 17.4. The summed E-state index contributed by atoms with van der Waals surface area (Å²) in [5, 5.41) is 0.667. The van der Waals surface area contributed by atoms with Gasteiger partial charge in [0.15, 0.2) is 5.69 Å². The molecule has 2 amide bonds. The predicted octanol–water partition coefficient (Wildman–Crippen LogP) is 2.25. The Bertz CT molecular complexity index is 766. The van der Waals surface area contributed by atoms with Crippen LogP contribution in [-0.4, -0.2) is 55.5 Å². The van der Waals surface area contributed by atoms with Crippen LogP contribution >= 0.6 is 23.3 Å². The summed E-state index contributed by atoms with van der Waals surface area (Å²) >= 11 is 6.93. The number of rotatable bonds is 3. The van der Waals surface area contributed by atoms with Gasteiger partial charge in [0.05, 0.1) is 24.3 Å². The molecule has 25 heavy (non-hydrogen) atoms. The summed E-state index contributed by atoms with van der Waals surface area (Å²) in [6.07, 6.45) is 3.76. The van der Waals surface area contributed by atoms with Gasteiger partial charge in [0.25, 0.3) is 5.91 Å². The maximum absolute atomic E-state index is 12.8. The van der Waals surface area contributed by atoms with Crippen LogP contribution in [-0.2, 0) is 11.2 Å². The second kappa shape index (κ2) is 6.72. The Balaban J connectivity index is 1.44. The summed E-state index contributed by atoms with van der Waals surface area (Å²) in [5.41, 5.74) is 1.35. The van der Waals surface area contributed by atoms with Crippen molar-refractivity contribution in [3.8, 4) is 0 Å². The van der Waals surface area contributed by atoms with Crippen LogP contribution in [0.3, 0.4) is 0 Å². The Morgan fingerprint density at radius 3 is 2.44 bits per heavy atom. The summed E-state index contributed by atoms with van der Waals surface area (Å²) in [6.45, 7) is 1.14. The van der Waals surface area contributed by atoms with E-state index >= 15 is 0 Å². The van der Waals surface area contributed by atoms with Crippen LogP contribution in [0.25, 0.3) is 0 Å². The molecular weight excluding hydrogens is 360 g/mol. The zero-order valence-corrected chi connectivity index (χ0v) is 15.0. The lowest BCUT2D eigenvalue weighted by Crippen LogP contribution is -2.57. The number of carbonyl (C=O) groups excluding carboxylic acids is 2. The molecule has 0 N–H and O–H groups in total. The van der Waals surface area contributed by atoms with Crippen LogP contribution < -0.4 is 0 Å². The fourth-order valence-corrected chi connectivity index (χ4v) is 4.30. The Hall–Kier alpha value is -1.99. The summed E-state index contributed by atoms with van der Waals surface area (Å²) in [7, 11) is 0. The summed E-state index contributed by atoms with van der Waals surface area (Å²) in [6, 6.07) is 7.56. The zero-order valence-electron chi connectivity index (χ0n) is 13.5. The molecule has 2 fully saturated rings. The van der Waals surface area contributed by atoms with E-state index in [1.807, 2.05) is 21.9 Å². The van der Waals surface area contributed by atoms with Gasteiger partial charge >= 0.3 is 0 Å². The molecule has 2 saturated heterocycles. The van der Waals surface area contributed by atoms with Gasteiger partial charge in [0, 0.05) is 30.2 Å². The van der Waals surface area contributed by atoms with Crippen LogP contribution in [0.5, 0.6) is 0 Å². The number of aromatic nitrogens is 2. The number of fused-ring (bicyclic) bond motifs is 2. The van der Waals surface area contributed by atoms with Crippen molar-refractivity contribution in [1.29, 1.82) is 0 Å². The van der Waals surface area contributed by atoms with E-state index < -0.39 is 0 Å². The number of likely N-dealkylation sites (tertiary alicyclic amines) is 1. The fraction of sp³-hybridized carbons (Fsp3) is 0.412. The third kappa shape index (κ3) is 3.26. The number of hydrogen-bond donors (Lipinski definition) is 0. The van der Waals surface area contributed by atoms with Gasteiger partial charge in [0.2, 0.25) is 5.91 Å². The van der Waals surface area contributed by atoms with E-state index in [0.29, 0.717) is 30.2 Å². The first-order valence-corrected chi connectivity index (χ1v) is 9.35. The Morgan fingerprint density at radius 2 is 1.84 bits per heavy atom. The molecule has 4 rings (SSSR count). The molecule has 0 saturated carbocycles. The molecule has 8 heteroatoms. The number of carbonyl (C=O) groups is 2. The van der Waals surface area contributed by atoms with E-state index in [0.717, 1.165) is 30.1 Å². The second-order valence-corrected chi connectivity index (χ2v) is 7.49. The predicted molar refractivity (Wildman–Crippen MR) is 94.6 cm³/mol. The lowest BCUT2D eigenvalue weighted by molar-refractivity contribution is -0.135. The first-order valence-electron chi connectivity index (χ1n) is 8.24. The first-order chi connectivity index (χ1) is 12.1. The highest BCUT2D eigenvalue weighted by Gasteiger charge is 2.43. The highest BCUT2D eigenvalue weighted by atomic mass is 35.5. The van der Waals surface area contributed by atoms with E-state index in [1.165, 1.54) is 6.20 Å². The number of benzene rings is 1. The van der Waals surface area contributed by atoms with Crippen LogP contribution in [0.15, 0.2) is 30.5 Å². The van der Waals surface area contributed by atoms with Gasteiger partial charge in [-0.2, -0.15) is 8.75 Å². The fourth-order valence-electron chi connectivity index (χ4n) is 3.77. The average molecular weight is 377 g/mol. The SMILES string of the molecule is O=C(c1cnsn1)N1CC2CCC(C1)N2C(=O)Cc1ccc(Cl)cc1. The molecule has 2 aliphatic rings. The van der Waals surface area contributed by atoms with Crippen LogP contribution in [0.1, 0.15) is 28.9 Å². The van der Waals surface area contributed by atoms with Crippen LogP contribution in [0, 0.1) is 0 Å². The van der Waals surface area contributed by atoms with E-state index in [1.54, 1.807) is 12.1 Å². The van der Waals surface area contributed by atoms with Crippen molar-refractivity contribution in [2.75, 3.05) is 13.1 Å². The maximum atomic E-state index is 12.8. The lowest BCUT2D eigenvalue weighted by Gasteiger charge is -2.41. The van der Waals surface area contributed by atoms with Crippen molar-refractivity contribution >= 4 is 35.1 Å². The molecule has 0 radical (unpaired) electrons. The van der Waals surface area contributed by atoms with Crippen molar-refractivity contribution in [3.63, 3.8) is 0 Å². The van der Waals surface area contributed by atoms with Crippen molar-refractivity contribution < 1.29 is 9.59 Å². The number of amides is 2. The minimum Gasteiger partial charge on any atom is -0.333 e. The quantitative estimate of drug-likeness (QED) is 0.824. The van der Waals surface area contributed by atoms with E-state index in [2.05, 4.69) is 8.75 Å². The third-order valence-electron chi connectivity index (χ3n) is 4.91. The number of nitrogens with zero attached hydrogens (tertiary/aromatic N) is 4. The molecule has 2 bridgehead atoms. The molecule has 0 spiro atoms. The van der Waals surface area contributed by atoms with Gasteiger partial charge in [-0.15, -0.1) is 0 Å². The Kier molecular flexibility index (Phi) is 4.43. The highest BCUT2D eigenvalue weighted by molar-refractivity contribution is 6.99. The standard InChI is InChI=1S/C17H17ClN4O2S/c18-12-3-1-11(2-4-12)7-16(23)22-13-5-6-14(22)10-21(9-13)17(24)15-8-19-25-20-15/h1-4,8,13-14H,5-7,9-10H2. The van der Waals surface area contributed by atoms with Crippen LogP contribution in [0.2, 0.25) is 5.02 Å². The van der Waals surface area contributed by atoms with E-state index in [-0.39, 0.29) is 23.9 Å². The molecule has 2 aromatic rings. The second-order valence-electron chi connectivity index (χ2n) is 6.49. The molecule has 3 heterocycles. The third-order valence-corrected chi connectivity index (χ3v) is 5.64. The summed E-state index contributed by atoms with van der Waals surface area (Å²) < 4.78 is 7.92. The molecule has 1 aromatic carbocycles. The molecule has 2 unspecified atom stereocenters. The monoisotopic (exact) mass is 376 g/mol. The molecule has 130 valence electrons. The van der Waals surface area contributed by atoms with Crippen molar-refractivity contribution in [2.45, 2.75) is 31.3 Å². The maximum Gasteiger partial charge on any atom is 0.275 e. The minimum absolute atomic E-state index is 0.0875. The minimum atomic E-state index is -0.0875. The van der Waals surface area contributed by atoms with Crippen LogP contribution in [0.4, 0.5) is 0 Å².